The molecule has 0 aromatic carbocycles. The largest absolute Gasteiger partial charge is 0.481 e. The first-order valence-corrected chi connectivity index (χ1v) is 12.3. The van der Waals surface area contributed by atoms with Crippen molar-refractivity contribution in [3.05, 3.63) is 0 Å². The number of carbonyl (C=O) groups excluding carboxylic acids is 1. The highest BCUT2D eigenvalue weighted by molar-refractivity contribution is 5.66. The van der Waals surface area contributed by atoms with E-state index < -0.39 is 12.1 Å². The summed E-state index contributed by atoms with van der Waals surface area (Å²) >= 11 is 0. The first-order valence-electron chi connectivity index (χ1n) is 12.3. The lowest BCUT2D eigenvalue weighted by Crippen LogP contribution is -2.54. The average molecular weight is 420 g/mol. The number of hydrogen-bond acceptors (Lipinski definition) is 3. The Morgan fingerprint density at radius 1 is 1.03 bits per heavy atom. The van der Waals surface area contributed by atoms with Crippen molar-refractivity contribution in [2.75, 3.05) is 0 Å². The number of rotatable bonds is 5. The number of fused-ring (bicyclic) bond motifs is 5. The van der Waals surface area contributed by atoms with E-state index in [1.165, 1.54) is 38.5 Å². The van der Waals surface area contributed by atoms with Gasteiger partial charge in [0.2, 0.25) is 0 Å². The van der Waals surface area contributed by atoms with Gasteiger partial charge in [0.15, 0.2) is 0 Å². The van der Waals surface area contributed by atoms with Crippen LogP contribution in [0.1, 0.15) is 91.4 Å². The molecule has 0 aromatic rings. The number of amides is 1. The maximum absolute atomic E-state index is 11.2. The molecule has 5 nitrogen and oxygen atoms in total. The van der Waals surface area contributed by atoms with Gasteiger partial charge in [0, 0.05) is 6.42 Å². The predicted molar refractivity (Wildman–Crippen MR) is 116 cm³/mol. The van der Waals surface area contributed by atoms with Crippen LogP contribution in [0.3, 0.4) is 0 Å². The van der Waals surface area contributed by atoms with E-state index in [9.17, 15) is 9.59 Å². The maximum atomic E-state index is 11.2. The van der Waals surface area contributed by atoms with Gasteiger partial charge < -0.3 is 15.6 Å². The van der Waals surface area contributed by atoms with Crippen LogP contribution in [0.4, 0.5) is 4.79 Å². The van der Waals surface area contributed by atoms with E-state index in [2.05, 4.69) is 20.8 Å². The number of hydrogen-bond donors (Lipinski definition) is 2. The number of primary amides is 1. The van der Waals surface area contributed by atoms with Crippen LogP contribution in [0.2, 0.25) is 0 Å². The number of aliphatic carboxylic acids is 1. The van der Waals surface area contributed by atoms with E-state index in [0.717, 1.165) is 43.4 Å². The SMILES string of the molecule is C[C@H](CCC(=O)O)[C@H]1CC[C@H]2[C@@H]3CC[C@@H]4C[C@@H](OC(N)=O)CC[C@]4(C)[C@H]3CC[C@]12C. The third kappa shape index (κ3) is 3.64. The summed E-state index contributed by atoms with van der Waals surface area (Å²) in [6.45, 7) is 7.36. The molecule has 4 aliphatic carbocycles. The molecule has 0 aliphatic heterocycles. The Balaban J connectivity index is 1.47. The lowest BCUT2D eigenvalue weighted by molar-refractivity contribution is -0.138. The number of nitrogens with two attached hydrogens (primary N) is 1. The standard InChI is InChI=1S/C25H41NO4/c1-15(4-9-22(27)28)19-7-8-20-18-6-5-16-14-17(30-23(26)29)10-12-24(16,2)21(18)11-13-25(19,20)3/h15-21H,4-14H2,1-3H3,(H2,26,29)(H,27,28)/t15-,16-,17+,18+,19-,20+,21+,24+,25-/m1/s1. The van der Waals surface area contributed by atoms with Crippen LogP contribution in [0.15, 0.2) is 0 Å². The van der Waals surface area contributed by atoms with Gasteiger partial charge in [-0.15, -0.1) is 0 Å². The molecule has 0 radical (unpaired) electrons. The number of carboxylic acids is 1. The second kappa shape index (κ2) is 8.02. The summed E-state index contributed by atoms with van der Waals surface area (Å²) in [5.41, 5.74) is 6.04. The molecular formula is C25H41NO4. The summed E-state index contributed by atoms with van der Waals surface area (Å²) < 4.78 is 5.38. The number of carbonyl (C=O) groups is 2. The fraction of sp³-hybridized carbons (Fsp3) is 0.920. The zero-order valence-corrected chi connectivity index (χ0v) is 19.1. The Morgan fingerprint density at radius 2 is 1.73 bits per heavy atom. The Morgan fingerprint density at radius 3 is 2.43 bits per heavy atom. The predicted octanol–water partition coefficient (Wildman–Crippen LogP) is 5.61. The van der Waals surface area contributed by atoms with Gasteiger partial charge in [-0.05, 0) is 111 Å². The Hall–Kier alpha value is -1.26. The molecule has 4 saturated carbocycles. The topological polar surface area (TPSA) is 89.6 Å². The second-order valence-electron chi connectivity index (χ2n) is 11.6. The summed E-state index contributed by atoms with van der Waals surface area (Å²) in [7, 11) is 0. The van der Waals surface area contributed by atoms with E-state index in [0.29, 0.717) is 35.0 Å². The summed E-state index contributed by atoms with van der Waals surface area (Å²) in [5, 5.41) is 9.13. The van der Waals surface area contributed by atoms with Crippen LogP contribution in [0.25, 0.3) is 0 Å². The lowest BCUT2D eigenvalue weighted by atomic mass is 9.44. The maximum Gasteiger partial charge on any atom is 0.404 e. The van der Waals surface area contributed by atoms with Crippen LogP contribution >= 0.6 is 0 Å². The van der Waals surface area contributed by atoms with Gasteiger partial charge in [-0.1, -0.05) is 20.8 Å². The average Bonchev–Trinajstić information content (AvgIpc) is 3.03. The fourth-order valence-electron chi connectivity index (χ4n) is 9.02. The molecule has 30 heavy (non-hydrogen) atoms. The van der Waals surface area contributed by atoms with Gasteiger partial charge in [0.05, 0.1) is 0 Å². The highest BCUT2D eigenvalue weighted by atomic mass is 16.6. The molecule has 4 aliphatic rings. The van der Waals surface area contributed by atoms with E-state index in [4.69, 9.17) is 15.6 Å². The summed E-state index contributed by atoms with van der Waals surface area (Å²) in [6, 6.07) is 0. The molecule has 4 fully saturated rings. The van der Waals surface area contributed by atoms with E-state index >= 15 is 0 Å². The second-order valence-corrected chi connectivity index (χ2v) is 11.6. The first-order chi connectivity index (χ1) is 14.1. The molecule has 0 spiro atoms. The monoisotopic (exact) mass is 419 g/mol. The van der Waals surface area contributed by atoms with Crippen molar-refractivity contribution in [2.45, 2.75) is 97.5 Å². The molecule has 1 amide bonds. The third-order valence-electron chi connectivity index (χ3n) is 10.5. The van der Waals surface area contributed by atoms with Crippen LogP contribution in [0, 0.1) is 46.3 Å². The summed E-state index contributed by atoms with van der Waals surface area (Å²) in [4.78, 5) is 22.3. The number of ether oxygens (including phenoxy) is 1. The normalized spacial score (nSPS) is 46.2. The van der Waals surface area contributed by atoms with Crippen molar-refractivity contribution in [3.63, 3.8) is 0 Å². The van der Waals surface area contributed by atoms with Crippen LogP contribution < -0.4 is 5.73 Å². The molecule has 0 unspecified atom stereocenters. The van der Waals surface area contributed by atoms with E-state index in [-0.39, 0.29) is 6.10 Å². The van der Waals surface area contributed by atoms with Gasteiger partial charge in [0.1, 0.15) is 6.10 Å². The highest BCUT2D eigenvalue weighted by Gasteiger charge is 2.60. The van der Waals surface area contributed by atoms with Gasteiger partial charge in [-0.25, -0.2) is 4.79 Å². The van der Waals surface area contributed by atoms with Gasteiger partial charge in [0.25, 0.3) is 0 Å². The summed E-state index contributed by atoms with van der Waals surface area (Å²) in [6.07, 6.45) is 11.4. The molecule has 0 saturated heterocycles. The van der Waals surface area contributed by atoms with Crippen molar-refractivity contribution >= 4 is 12.1 Å². The highest BCUT2D eigenvalue weighted by Crippen LogP contribution is 2.68. The molecule has 5 heteroatoms. The molecular weight excluding hydrogens is 378 g/mol. The molecule has 9 atom stereocenters. The van der Waals surface area contributed by atoms with Crippen molar-refractivity contribution in [3.8, 4) is 0 Å². The van der Waals surface area contributed by atoms with E-state index in [1.807, 2.05) is 0 Å². The minimum atomic E-state index is -0.660. The Bertz CT molecular complexity index is 680. The lowest BCUT2D eigenvalue weighted by Gasteiger charge is -2.61. The minimum Gasteiger partial charge on any atom is -0.481 e. The van der Waals surface area contributed by atoms with E-state index in [1.54, 1.807) is 0 Å². The van der Waals surface area contributed by atoms with Crippen molar-refractivity contribution in [2.24, 2.45) is 52.1 Å². The molecule has 4 rings (SSSR count). The molecule has 0 bridgehead atoms. The minimum absolute atomic E-state index is 0.0110. The first kappa shape index (κ1) is 22.0. The summed E-state index contributed by atoms with van der Waals surface area (Å²) in [5.74, 6) is 3.56. The zero-order chi connectivity index (χ0) is 21.7. The molecule has 170 valence electrons. The van der Waals surface area contributed by atoms with Gasteiger partial charge >= 0.3 is 12.1 Å². The van der Waals surface area contributed by atoms with Crippen molar-refractivity contribution < 1.29 is 19.4 Å². The Kier molecular flexibility index (Phi) is 5.87. The smallest absolute Gasteiger partial charge is 0.404 e. The van der Waals surface area contributed by atoms with Crippen LogP contribution in [0.5, 0.6) is 0 Å². The van der Waals surface area contributed by atoms with Crippen molar-refractivity contribution in [1.29, 1.82) is 0 Å². The molecule has 0 aromatic heterocycles. The van der Waals surface area contributed by atoms with Crippen LogP contribution in [-0.2, 0) is 9.53 Å². The molecule has 0 heterocycles. The zero-order valence-electron chi connectivity index (χ0n) is 19.1. The third-order valence-corrected chi connectivity index (χ3v) is 10.5. The van der Waals surface area contributed by atoms with Crippen LogP contribution in [-0.4, -0.2) is 23.3 Å². The van der Waals surface area contributed by atoms with Crippen molar-refractivity contribution in [1.82, 2.24) is 0 Å². The quantitative estimate of drug-likeness (QED) is 0.606. The van der Waals surface area contributed by atoms with Gasteiger partial charge in [-0.3, -0.25) is 4.79 Å². The fourth-order valence-corrected chi connectivity index (χ4v) is 9.02. The molecule has 3 N–H and O–H groups in total. The van der Waals surface area contributed by atoms with Gasteiger partial charge in [-0.2, -0.15) is 0 Å². The Labute approximate surface area is 181 Å². The number of carboxylic acid groups (broad SMARTS) is 1.